The van der Waals surface area contributed by atoms with Crippen LogP contribution in [-0.2, 0) is 0 Å². The fraction of sp³-hybridized carbons (Fsp3) is 0.571. The molecule has 0 spiro atoms. The molecule has 0 aliphatic carbocycles. The van der Waals surface area contributed by atoms with Crippen LogP contribution >= 0.6 is 12.4 Å². The van der Waals surface area contributed by atoms with Crippen LogP contribution in [0, 0.1) is 5.92 Å². The Bertz CT molecular complexity index is 317. The maximum atomic E-state index is 10.1. The smallest absolute Gasteiger partial charge is 0.0916 e. The van der Waals surface area contributed by atoms with Gasteiger partial charge in [-0.25, -0.2) is 0 Å². The second-order valence-corrected chi connectivity index (χ2v) is 4.93. The van der Waals surface area contributed by atoms with E-state index in [0.29, 0.717) is 0 Å². The molecule has 2 nitrogen and oxygen atoms in total. The third kappa shape index (κ3) is 4.30. The van der Waals surface area contributed by atoms with Gasteiger partial charge in [0.1, 0.15) is 0 Å². The van der Waals surface area contributed by atoms with Crippen molar-refractivity contribution in [3.8, 4) is 0 Å². The lowest BCUT2D eigenvalue weighted by Gasteiger charge is -2.32. The van der Waals surface area contributed by atoms with E-state index in [0.717, 1.165) is 31.1 Å². The molecule has 1 saturated heterocycles. The highest BCUT2D eigenvalue weighted by Gasteiger charge is 2.19. The normalized spacial score (nSPS) is 22.8. The van der Waals surface area contributed by atoms with Crippen molar-refractivity contribution >= 4 is 12.4 Å². The number of piperidine rings is 1. The molecule has 0 saturated carbocycles. The van der Waals surface area contributed by atoms with Crippen molar-refractivity contribution in [1.82, 2.24) is 4.90 Å². The highest BCUT2D eigenvalue weighted by Crippen LogP contribution is 2.19. The molecule has 1 aliphatic heterocycles. The molecule has 3 heteroatoms. The monoisotopic (exact) mass is 255 g/mol. The van der Waals surface area contributed by atoms with Crippen molar-refractivity contribution < 1.29 is 5.11 Å². The number of hydrogen-bond acceptors (Lipinski definition) is 2. The number of nitrogens with zero attached hydrogens (tertiary/aromatic N) is 1. The number of aliphatic hydroxyl groups is 1. The summed E-state index contributed by atoms with van der Waals surface area (Å²) in [6.45, 7) is 5.33. The SMILES string of the molecule is CC1CCCN(CC(O)c2ccccc2)C1.Cl. The first-order chi connectivity index (χ1) is 7.75. The van der Waals surface area contributed by atoms with Gasteiger partial charge in [0.25, 0.3) is 0 Å². The molecule has 1 fully saturated rings. The minimum absolute atomic E-state index is 0. The third-order valence-corrected chi connectivity index (χ3v) is 3.36. The Hall–Kier alpha value is -0.570. The van der Waals surface area contributed by atoms with Crippen LogP contribution in [-0.4, -0.2) is 29.6 Å². The molecule has 0 radical (unpaired) electrons. The Morgan fingerprint density at radius 3 is 2.71 bits per heavy atom. The number of hydrogen-bond donors (Lipinski definition) is 1. The summed E-state index contributed by atoms with van der Waals surface area (Å²) >= 11 is 0. The average Bonchev–Trinajstić information content (AvgIpc) is 2.30. The molecule has 1 aromatic carbocycles. The summed E-state index contributed by atoms with van der Waals surface area (Å²) in [7, 11) is 0. The molecule has 1 aliphatic rings. The van der Waals surface area contributed by atoms with Crippen LogP contribution in [0.4, 0.5) is 0 Å². The zero-order chi connectivity index (χ0) is 11.4. The van der Waals surface area contributed by atoms with Gasteiger partial charge < -0.3 is 10.0 Å². The van der Waals surface area contributed by atoms with Gasteiger partial charge in [0.2, 0.25) is 0 Å². The molecule has 1 aromatic rings. The molecule has 0 aromatic heterocycles. The molecule has 2 rings (SSSR count). The number of β-amino-alcohol motifs (C(OH)–C–C–N with tert-alkyl or cyclic N) is 1. The topological polar surface area (TPSA) is 23.5 Å². The summed E-state index contributed by atoms with van der Waals surface area (Å²) in [5.74, 6) is 0.775. The molecule has 2 atom stereocenters. The van der Waals surface area contributed by atoms with E-state index in [1.165, 1.54) is 12.8 Å². The maximum absolute atomic E-state index is 10.1. The number of benzene rings is 1. The van der Waals surface area contributed by atoms with E-state index in [-0.39, 0.29) is 18.5 Å². The van der Waals surface area contributed by atoms with Crippen molar-refractivity contribution in [3.05, 3.63) is 35.9 Å². The van der Waals surface area contributed by atoms with Crippen LogP contribution < -0.4 is 0 Å². The zero-order valence-corrected chi connectivity index (χ0v) is 11.2. The van der Waals surface area contributed by atoms with Gasteiger partial charge in [-0.2, -0.15) is 0 Å². The summed E-state index contributed by atoms with van der Waals surface area (Å²) < 4.78 is 0. The Balaban J connectivity index is 0.00000144. The third-order valence-electron chi connectivity index (χ3n) is 3.36. The molecule has 1 N–H and O–H groups in total. The standard InChI is InChI=1S/C14H21NO.ClH/c1-12-6-5-9-15(10-12)11-14(16)13-7-3-2-4-8-13;/h2-4,7-8,12,14,16H,5-6,9-11H2,1H3;1H. The van der Waals surface area contributed by atoms with Crippen molar-refractivity contribution in [1.29, 1.82) is 0 Å². The van der Waals surface area contributed by atoms with Gasteiger partial charge in [0.05, 0.1) is 6.10 Å². The molecule has 1 heterocycles. The molecular weight excluding hydrogens is 234 g/mol. The summed E-state index contributed by atoms with van der Waals surface area (Å²) in [5.41, 5.74) is 1.03. The van der Waals surface area contributed by atoms with E-state index < -0.39 is 0 Å². The molecule has 17 heavy (non-hydrogen) atoms. The van der Waals surface area contributed by atoms with E-state index in [1.54, 1.807) is 0 Å². The average molecular weight is 256 g/mol. The first-order valence-electron chi connectivity index (χ1n) is 6.21. The van der Waals surface area contributed by atoms with Crippen LogP contribution in [0.2, 0.25) is 0 Å². The minimum atomic E-state index is -0.341. The highest BCUT2D eigenvalue weighted by atomic mass is 35.5. The maximum Gasteiger partial charge on any atom is 0.0916 e. The van der Waals surface area contributed by atoms with E-state index in [2.05, 4.69) is 11.8 Å². The van der Waals surface area contributed by atoms with Gasteiger partial charge >= 0.3 is 0 Å². The summed E-state index contributed by atoms with van der Waals surface area (Å²) in [4.78, 5) is 2.38. The number of likely N-dealkylation sites (tertiary alicyclic amines) is 1. The van der Waals surface area contributed by atoms with Crippen LogP contribution in [0.15, 0.2) is 30.3 Å². The van der Waals surface area contributed by atoms with Crippen molar-refractivity contribution in [2.75, 3.05) is 19.6 Å². The predicted molar refractivity (Wildman–Crippen MR) is 73.5 cm³/mol. The van der Waals surface area contributed by atoms with Gasteiger partial charge in [-0.1, -0.05) is 37.3 Å². The fourth-order valence-electron chi connectivity index (χ4n) is 2.48. The van der Waals surface area contributed by atoms with E-state index in [1.807, 2.05) is 30.3 Å². The quantitative estimate of drug-likeness (QED) is 0.898. The summed E-state index contributed by atoms with van der Waals surface area (Å²) in [5, 5.41) is 10.1. The first kappa shape index (κ1) is 14.5. The fourth-order valence-corrected chi connectivity index (χ4v) is 2.48. The van der Waals surface area contributed by atoms with E-state index in [9.17, 15) is 5.11 Å². The first-order valence-corrected chi connectivity index (χ1v) is 6.21. The van der Waals surface area contributed by atoms with Crippen molar-refractivity contribution in [2.45, 2.75) is 25.9 Å². The second kappa shape index (κ2) is 7.00. The molecule has 0 amide bonds. The largest absolute Gasteiger partial charge is 0.387 e. The molecule has 0 bridgehead atoms. The van der Waals surface area contributed by atoms with E-state index in [4.69, 9.17) is 0 Å². The number of halogens is 1. The molecule has 96 valence electrons. The lowest BCUT2D eigenvalue weighted by atomic mass is 9.99. The second-order valence-electron chi connectivity index (χ2n) is 4.93. The van der Waals surface area contributed by atoms with Gasteiger partial charge in [-0.3, -0.25) is 0 Å². The Morgan fingerprint density at radius 1 is 1.35 bits per heavy atom. The Kier molecular flexibility index (Phi) is 5.96. The Morgan fingerprint density at radius 2 is 2.06 bits per heavy atom. The van der Waals surface area contributed by atoms with Gasteiger partial charge in [0.15, 0.2) is 0 Å². The number of rotatable bonds is 3. The predicted octanol–water partition coefficient (Wildman–Crippen LogP) is 2.87. The highest BCUT2D eigenvalue weighted by molar-refractivity contribution is 5.85. The lowest BCUT2D eigenvalue weighted by molar-refractivity contribution is 0.0876. The lowest BCUT2D eigenvalue weighted by Crippen LogP contribution is -2.37. The van der Waals surface area contributed by atoms with Crippen LogP contribution in [0.5, 0.6) is 0 Å². The molecular formula is C14H22ClNO. The van der Waals surface area contributed by atoms with Crippen molar-refractivity contribution in [3.63, 3.8) is 0 Å². The van der Waals surface area contributed by atoms with E-state index >= 15 is 0 Å². The minimum Gasteiger partial charge on any atom is -0.387 e. The van der Waals surface area contributed by atoms with Crippen LogP contribution in [0.3, 0.4) is 0 Å². The van der Waals surface area contributed by atoms with Gasteiger partial charge in [-0.05, 0) is 30.9 Å². The summed E-state index contributed by atoms with van der Waals surface area (Å²) in [6, 6.07) is 9.95. The van der Waals surface area contributed by atoms with Gasteiger partial charge in [0, 0.05) is 13.1 Å². The molecule has 2 unspecified atom stereocenters. The van der Waals surface area contributed by atoms with Crippen LogP contribution in [0.1, 0.15) is 31.4 Å². The number of aliphatic hydroxyl groups excluding tert-OH is 1. The van der Waals surface area contributed by atoms with Crippen LogP contribution in [0.25, 0.3) is 0 Å². The zero-order valence-electron chi connectivity index (χ0n) is 10.4. The summed E-state index contributed by atoms with van der Waals surface area (Å²) in [6.07, 6.45) is 2.26. The Labute approximate surface area is 110 Å². The van der Waals surface area contributed by atoms with Gasteiger partial charge in [-0.15, -0.1) is 12.4 Å². The van der Waals surface area contributed by atoms with Crippen molar-refractivity contribution in [2.24, 2.45) is 5.92 Å².